The number of hydrogen-bond acceptors (Lipinski definition) is 8. The lowest BCUT2D eigenvalue weighted by Gasteiger charge is -2.43. The van der Waals surface area contributed by atoms with Crippen LogP contribution < -0.4 is 4.90 Å². The van der Waals surface area contributed by atoms with E-state index in [0.717, 1.165) is 67.0 Å². The highest BCUT2D eigenvalue weighted by molar-refractivity contribution is 5.64. The highest BCUT2D eigenvalue weighted by atomic mass is 16.5. The van der Waals surface area contributed by atoms with Gasteiger partial charge in [0.05, 0.1) is 12.2 Å². The summed E-state index contributed by atoms with van der Waals surface area (Å²) in [5.74, 6) is 4.06. The monoisotopic (exact) mass is 443 g/mol. The summed E-state index contributed by atoms with van der Waals surface area (Å²) >= 11 is 0. The summed E-state index contributed by atoms with van der Waals surface area (Å²) in [6.07, 6.45) is 11.9. The van der Waals surface area contributed by atoms with Crippen LogP contribution in [0.15, 0.2) is 43.1 Å². The fourth-order valence-electron chi connectivity index (χ4n) is 4.93. The summed E-state index contributed by atoms with van der Waals surface area (Å²) in [6, 6.07) is 4.28. The van der Waals surface area contributed by atoms with Crippen molar-refractivity contribution < 1.29 is 4.74 Å². The number of aryl methyl sites for hydroxylation is 1. The molecule has 10 nitrogen and oxygen atoms in total. The van der Waals surface area contributed by atoms with Crippen molar-refractivity contribution in [3.05, 3.63) is 54.8 Å². The van der Waals surface area contributed by atoms with Gasteiger partial charge >= 0.3 is 0 Å². The quantitative estimate of drug-likeness (QED) is 0.474. The van der Waals surface area contributed by atoms with Crippen LogP contribution in [-0.2, 0) is 4.74 Å². The number of rotatable bonds is 4. The number of fused-ring (bicyclic) bond motifs is 3. The van der Waals surface area contributed by atoms with E-state index >= 15 is 0 Å². The third-order valence-electron chi connectivity index (χ3n) is 6.47. The summed E-state index contributed by atoms with van der Waals surface area (Å²) in [7, 11) is 0. The van der Waals surface area contributed by atoms with Crippen molar-refractivity contribution in [1.29, 1.82) is 0 Å². The molecule has 1 fully saturated rings. The fourth-order valence-corrected chi connectivity index (χ4v) is 4.93. The predicted molar refractivity (Wildman–Crippen MR) is 121 cm³/mol. The van der Waals surface area contributed by atoms with Crippen LogP contribution in [0.25, 0.3) is 23.0 Å². The number of hydrogen-bond donors (Lipinski definition) is 0. The van der Waals surface area contributed by atoms with E-state index in [1.54, 1.807) is 18.6 Å². The molecule has 0 aromatic carbocycles. The Bertz CT molecular complexity index is 1280. The molecule has 0 amide bonds. The van der Waals surface area contributed by atoms with E-state index in [4.69, 9.17) is 14.7 Å². The molecular weight excluding hydrogens is 418 g/mol. The molecule has 0 aliphatic carbocycles. The number of ether oxygens (including phenoxy) is 1. The van der Waals surface area contributed by atoms with Crippen molar-refractivity contribution in [2.75, 3.05) is 18.1 Å². The van der Waals surface area contributed by atoms with E-state index < -0.39 is 0 Å². The first-order chi connectivity index (χ1) is 16.3. The number of pyridine rings is 1. The van der Waals surface area contributed by atoms with Crippen LogP contribution in [0.2, 0.25) is 0 Å². The second-order valence-electron chi connectivity index (χ2n) is 8.35. The average molecular weight is 444 g/mol. The molecule has 0 spiro atoms. The maximum atomic E-state index is 5.66. The Morgan fingerprint density at radius 1 is 1.06 bits per heavy atom. The largest absolute Gasteiger partial charge is 0.381 e. The number of nitrogens with zero attached hydrogens (tertiary/aromatic N) is 9. The minimum absolute atomic E-state index is 0.0898. The maximum Gasteiger partial charge on any atom is 0.237 e. The predicted octanol–water partition coefficient (Wildman–Crippen LogP) is 3.06. The zero-order valence-electron chi connectivity index (χ0n) is 18.7. The van der Waals surface area contributed by atoms with E-state index in [2.05, 4.69) is 36.6 Å². The lowest BCUT2D eigenvalue weighted by molar-refractivity contribution is 0.0817. The van der Waals surface area contributed by atoms with Crippen LogP contribution in [0.3, 0.4) is 0 Å². The first kappa shape index (κ1) is 20.0. The maximum absolute atomic E-state index is 5.66. The van der Waals surface area contributed by atoms with E-state index in [-0.39, 0.29) is 6.04 Å². The van der Waals surface area contributed by atoms with Crippen molar-refractivity contribution in [1.82, 2.24) is 39.3 Å². The molecule has 2 aliphatic rings. The van der Waals surface area contributed by atoms with Crippen LogP contribution in [-0.4, -0.2) is 58.5 Å². The molecule has 4 aromatic rings. The molecular formula is C23H25N9O. The number of imidazole rings is 1. The van der Waals surface area contributed by atoms with Gasteiger partial charge in [-0.3, -0.25) is 14.1 Å². The minimum Gasteiger partial charge on any atom is -0.381 e. The van der Waals surface area contributed by atoms with E-state index in [0.29, 0.717) is 12.0 Å². The Labute approximate surface area is 191 Å². The molecule has 168 valence electrons. The van der Waals surface area contributed by atoms with Crippen LogP contribution in [0.5, 0.6) is 0 Å². The van der Waals surface area contributed by atoms with Gasteiger partial charge in [0.25, 0.3) is 0 Å². The van der Waals surface area contributed by atoms with Gasteiger partial charge in [-0.15, -0.1) is 10.2 Å². The highest BCUT2D eigenvalue weighted by Crippen LogP contribution is 2.41. The summed E-state index contributed by atoms with van der Waals surface area (Å²) in [5, 5.41) is 8.93. The Morgan fingerprint density at radius 2 is 1.88 bits per heavy atom. The van der Waals surface area contributed by atoms with Gasteiger partial charge in [-0.1, -0.05) is 6.92 Å². The van der Waals surface area contributed by atoms with E-state index in [1.165, 1.54) is 0 Å². The third-order valence-corrected chi connectivity index (χ3v) is 6.47. The second-order valence-corrected chi connectivity index (χ2v) is 8.35. The molecule has 0 N–H and O–H groups in total. The first-order valence-electron chi connectivity index (χ1n) is 11.4. The fraction of sp³-hybridized carbons (Fsp3) is 0.391. The SMILES string of the molecule is CCC1c2nnc(C)n2-c2cnc(-n3ccnc3-c3ccncc3)nc2N1C1CCOCC1. The third kappa shape index (κ3) is 3.20. The van der Waals surface area contributed by atoms with Gasteiger partial charge in [0.1, 0.15) is 17.3 Å². The Kier molecular flexibility index (Phi) is 4.87. The van der Waals surface area contributed by atoms with Gasteiger partial charge < -0.3 is 9.64 Å². The molecule has 33 heavy (non-hydrogen) atoms. The van der Waals surface area contributed by atoms with Crippen molar-refractivity contribution in [2.45, 2.75) is 45.2 Å². The van der Waals surface area contributed by atoms with Crippen LogP contribution in [0.1, 0.15) is 43.9 Å². The molecule has 0 radical (unpaired) electrons. The Morgan fingerprint density at radius 3 is 2.67 bits per heavy atom. The molecule has 1 atom stereocenters. The lowest BCUT2D eigenvalue weighted by atomic mass is 10.0. The summed E-state index contributed by atoms with van der Waals surface area (Å²) in [4.78, 5) is 21.0. The topological polar surface area (TPSA) is 99.7 Å². The van der Waals surface area contributed by atoms with Crippen LogP contribution in [0.4, 0.5) is 5.82 Å². The van der Waals surface area contributed by atoms with Gasteiger partial charge in [0.15, 0.2) is 11.6 Å². The average Bonchev–Trinajstić information content (AvgIpc) is 3.51. The first-order valence-corrected chi connectivity index (χ1v) is 11.4. The van der Waals surface area contributed by atoms with Crippen LogP contribution in [0, 0.1) is 6.92 Å². The minimum atomic E-state index is 0.0898. The smallest absolute Gasteiger partial charge is 0.237 e. The molecule has 1 saturated heterocycles. The Balaban J connectivity index is 1.52. The van der Waals surface area contributed by atoms with Gasteiger partial charge in [0, 0.05) is 49.6 Å². The van der Waals surface area contributed by atoms with E-state index in [1.807, 2.05) is 36.0 Å². The number of anilines is 1. The van der Waals surface area contributed by atoms with Crippen LogP contribution >= 0.6 is 0 Å². The molecule has 0 bridgehead atoms. The highest BCUT2D eigenvalue weighted by Gasteiger charge is 2.39. The van der Waals surface area contributed by atoms with Crippen molar-refractivity contribution in [2.24, 2.45) is 0 Å². The molecule has 10 heteroatoms. The van der Waals surface area contributed by atoms with Gasteiger partial charge in [-0.25, -0.2) is 9.97 Å². The normalized spacial score (nSPS) is 18.2. The zero-order chi connectivity index (χ0) is 22.4. The Hall–Kier alpha value is -3.66. The van der Waals surface area contributed by atoms with Gasteiger partial charge in [-0.2, -0.15) is 4.98 Å². The van der Waals surface area contributed by atoms with E-state index in [9.17, 15) is 0 Å². The van der Waals surface area contributed by atoms with Gasteiger partial charge in [0.2, 0.25) is 5.95 Å². The molecule has 4 aromatic heterocycles. The zero-order valence-corrected chi connectivity index (χ0v) is 18.7. The molecule has 6 heterocycles. The van der Waals surface area contributed by atoms with Crippen molar-refractivity contribution in [3.63, 3.8) is 0 Å². The van der Waals surface area contributed by atoms with Gasteiger partial charge in [-0.05, 0) is 38.3 Å². The standard InChI is InChI=1S/C23H25N9O/c1-3-18-22-29-28-15(2)31(22)19-14-26-23(27-21(19)32(18)17-6-12-33-13-7-17)30-11-10-25-20(30)16-4-8-24-9-5-16/h4-5,8-11,14,17-18H,3,6-7,12-13H2,1-2H3. The lowest BCUT2D eigenvalue weighted by Crippen LogP contribution is -2.45. The summed E-state index contributed by atoms with van der Waals surface area (Å²) in [5.41, 5.74) is 1.87. The molecule has 1 unspecified atom stereocenters. The molecule has 6 rings (SSSR count). The van der Waals surface area contributed by atoms with Crippen molar-refractivity contribution >= 4 is 5.82 Å². The summed E-state index contributed by atoms with van der Waals surface area (Å²) < 4.78 is 9.68. The molecule has 0 saturated carbocycles. The summed E-state index contributed by atoms with van der Waals surface area (Å²) in [6.45, 7) is 5.67. The molecule has 2 aliphatic heterocycles. The number of aromatic nitrogens is 8. The van der Waals surface area contributed by atoms with Crippen molar-refractivity contribution in [3.8, 4) is 23.0 Å². The second kappa shape index (κ2) is 8.04.